The number of nitrogens with one attached hydrogen (secondary N) is 2. The highest BCUT2D eigenvalue weighted by Gasteiger charge is 2.21. The summed E-state index contributed by atoms with van der Waals surface area (Å²) in [6, 6.07) is 18.5. The number of sulfonamides is 1. The minimum atomic E-state index is -3.95. The van der Waals surface area contributed by atoms with Crippen LogP contribution in [0.3, 0.4) is 0 Å². The van der Waals surface area contributed by atoms with Crippen molar-refractivity contribution >= 4 is 33.2 Å². The van der Waals surface area contributed by atoms with Gasteiger partial charge in [-0.1, -0.05) is 53.6 Å². The van der Waals surface area contributed by atoms with Crippen LogP contribution in [-0.4, -0.2) is 14.3 Å². The van der Waals surface area contributed by atoms with Gasteiger partial charge in [-0.05, 0) is 62.2 Å². The van der Waals surface area contributed by atoms with Crippen LogP contribution in [-0.2, 0) is 10.0 Å². The summed E-state index contributed by atoms with van der Waals surface area (Å²) < 4.78 is 28.1. The Hall–Kier alpha value is -2.83. The van der Waals surface area contributed by atoms with Crippen molar-refractivity contribution in [1.82, 2.24) is 5.32 Å². The summed E-state index contributed by atoms with van der Waals surface area (Å²) in [7, 11) is -3.95. The molecule has 0 aliphatic rings. The van der Waals surface area contributed by atoms with Gasteiger partial charge in [0, 0.05) is 11.3 Å². The fourth-order valence-electron chi connectivity index (χ4n) is 3.24. The predicted molar refractivity (Wildman–Crippen MR) is 120 cm³/mol. The van der Waals surface area contributed by atoms with Gasteiger partial charge in [0.15, 0.2) is 0 Å². The van der Waals surface area contributed by atoms with E-state index >= 15 is 0 Å². The Morgan fingerprint density at radius 1 is 0.967 bits per heavy atom. The summed E-state index contributed by atoms with van der Waals surface area (Å²) in [5.41, 5.74) is 3.85. The number of amides is 1. The zero-order valence-electron chi connectivity index (χ0n) is 16.9. The number of aryl methyl sites for hydroxylation is 2. The summed E-state index contributed by atoms with van der Waals surface area (Å²) in [6.07, 6.45) is 0. The molecule has 7 heteroatoms. The molecule has 0 unspecified atom stereocenters. The SMILES string of the molecule is Cc1ccc([C@@H](C)NC(=O)c2ccc(Cl)c(S(=O)(=O)Nc3ccccc3)c2)c(C)c1. The molecule has 0 saturated heterocycles. The maximum Gasteiger partial charge on any atom is 0.263 e. The highest BCUT2D eigenvalue weighted by molar-refractivity contribution is 7.92. The van der Waals surface area contributed by atoms with Gasteiger partial charge in [-0.25, -0.2) is 8.42 Å². The highest BCUT2D eigenvalue weighted by atomic mass is 35.5. The van der Waals surface area contributed by atoms with E-state index in [1.807, 2.05) is 32.9 Å². The van der Waals surface area contributed by atoms with E-state index in [1.54, 1.807) is 30.3 Å². The van der Waals surface area contributed by atoms with Crippen molar-refractivity contribution < 1.29 is 13.2 Å². The molecule has 5 nitrogen and oxygen atoms in total. The third-order valence-electron chi connectivity index (χ3n) is 4.75. The second kappa shape index (κ2) is 8.90. The van der Waals surface area contributed by atoms with Gasteiger partial charge in [-0.15, -0.1) is 0 Å². The Labute approximate surface area is 182 Å². The normalized spacial score (nSPS) is 12.3. The second-order valence-electron chi connectivity index (χ2n) is 7.17. The number of anilines is 1. The first-order valence-electron chi connectivity index (χ1n) is 9.43. The number of hydrogen-bond acceptors (Lipinski definition) is 3. The van der Waals surface area contributed by atoms with Crippen molar-refractivity contribution in [1.29, 1.82) is 0 Å². The van der Waals surface area contributed by atoms with Crippen LogP contribution in [0, 0.1) is 13.8 Å². The van der Waals surface area contributed by atoms with Crippen LogP contribution in [0.2, 0.25) is 5.02 Å². The highest BCUT2D eigenvalue weighted by Crippen LogP contribution is 2.26. The molecule has 3 rings (SSSR count). The Morgan fingerprint density at radius 3 is 2.33 bits per heavy atom. The summed E-state index contributed by atoms with van der Waals surface area (Å²) in [5, 5.41) is 2.96. The van der Waals surface area contributed by atoms with Crippen LogP contribution in [0.1, 0.15) is 40.0 Å². The molecular weight excluding hydrogens is 420 g/mol. The van der Waals surface area contributed by atoms with Gasteiger partial charge in [-0.3, -0.25) is 9.52 Å². The van der Waals surface area contributed by atoms with Gasteiger partial charge < -0.3 is 5.32 Å². The molecule has 3 aromatic carbocycles. The minimum absolute atomic E-state index is 0.0393. The van der Waals surface area contributed by atoms with Crippen molar-refractivity contribution in [3.05, 3.63) is 94.0 Å². The summed E-state index contributed by atoms with van der Waals surface area (Å²) in [6.45, 7) is 5.90. The van der Waals surface area contributed by atoms with E-state index in [2.05, 4.69) is 16.1 Å². The minimum Gasteiger partial charge on any atom is -0.346 e. The molecule has 0 aliphatic heterocycles. The summed E-state index contributed by atoms with van der Waals surface area (Å²) in [5.74, 6) is -0.379. The van der Waals surface area contributed by atoms with Crippen molar-refractivity contribution in [3.8, 4) is 0 Å². The lowest BCUT2D eigenvalue weighted by Crippen LogP contribution is -2.27. The summed E-state index contributed by atoms with van der Waals surface area (Å²) >= 11 is 6.14. The first-order valence-corrected chi connectivity index (χ1v) is 11.3. The van der Waals surface area contributed by atoms with Crippen LogP contribution >= 0.6 is 11.6 Å². The molecule has 0 bridgehead atoms. The number of benzene rings is 3. The molecule has 3 aromatic rings. The molecule has 0 spiro atoms. The average molecular weight is 443 g/mol. The van der Waals surface area contributed by atoms with Crippen LogP contribution in [0.4, 0.5) is 5.69 Å². The maximum atomic E-state index is 12.8. The third kappa shape index (κ3) is 5.01. The zero-order chi connectivity index (χ0) is 21.9. The fraction of sp³-hybridized carbons (Fsp3) is 0.174. The molecule has 2 N–H and O–H groups in total. The largest absolute Gasteiger partial charge is 0.346 e. The summed E-state index contributed by atoms with van der Waals surface area (Å²) in [4.78, 5) is 12.6. The maximum absolute atomic E-state index is 12.8. The molecule has 1 atom stereocenters. The van der Waals surface area contributed by atoms with E-state index in [4.69, 9.17) is 11.6 Å². The number of carbonyl (C=O) groups excluding carboxylic acids is 1. The smallest absolute Gasteiger partial charge is 0.263 e. The average Bonchev–Trinajstić information content (AvgIpc) is 2.68. The molecule has 0 aliphatic carbocycles. The second-order valence-corrected chi connectivity index (χ2v) is 9.23. The van der Waals surface area contributed by atoms with Crippen LogP contribution < -0.4 is 10.0 Å². The molecule has 156 valence electrons. The number of halogens is 1. The van der Waals surface area contributed by atoms with E-state index in [9.17, 15) is 13.2 Å². The Bertz CT molecular complexity index is 1180. The molecule has 0 fully saturated rings. The van der Waals surface area contributed by atoms with E-state index in [-0.39, 0.29) is 27.4 Å². The number of rotatable bonds is 6. The molecular formula is C23H23ClN2O3S. The van der Waals surface area contributed by atoms with Gasteiger partial charge in [0.05, 0.1) is 11.1 Å². The fourth-order valence-corrected chi connectivity index (χ4v) is 4.82. The van der Waals surface area contributed by atoms with Crippen molar-refractivity contribution in [2.24, 2.45) is 0 Å². The monoisotopic (exact) mass is 442 g/mol. The van der Waals surface area contributed by atoms with Crippen molar-refractivity contribution in [3.63, 3.8) is 0 Å². The van der Waals surface area contributed by atoms with Gasteiger partial charge in [0.25, 0.3) is 15.9 Å². The van der Waals surface area contributed by atoms with Gasteiger partial charge >= 0.3 is 0 Å². The van der Waals surface area contributed by atoms with Gasteiger partial charge in [-0.2, -0.15) is 0 Å². The Kier molecular flexibility index (Phi) is 6.48. The molecule has 0 heterocycles. The Morgan fingerprint density at radius 2 is 1.67 bits per heavy atom. The lowest BCUT2D eigenvalue weighted by Gasteiger charge is -2.18. The lowest BCUT2D eigenvalue weighted by atomic mass is 10.00. The van der Waals surface area contributed by atoms with Gasteiger partial charge in [0.2, 0.25) is 0 Å². The molecule has 0 saturated carbocycles. The molecule has 1 amide bonds. The Balaban J connectivity index is 1.84. The number of carbonyl (C=O) groups is 1. The van der Waals surface area contributed by atoms with Crippen molar-refractivity contribution in [2.45, 2.75) is 31.7 Å². The first kappa shape index (κ1) is 21.9. The lowest BCUT2D eigenvalue weighted by molar-refractivity contribution is 0.0939. The van der Waals surface area contributed by atoms with Crippen LogP contribution in [0.5, 0.6) is 0 Å². The van der Waals surface area contributed by atoms with Crippen LogP contribution in [0.25, 0.3) is 0 Å². The van der Waals surface area contributed by atoms with Crippen molar-refractivity contribution in [2.75, 3.05) is 4.72 Å². The first-order chi connectivity index (χ1) is 14.2. The van der Waals surface area contributed by atoms with Crippen LogP contribution in [0.15, 0.2) is 71.6 Å². The zero-order valence-corrected chi connectivity index (χ0v) is 18.5. The third-order valence-corrected chi connectivity index (χ3v) is 6.61. The van der Waals surface area contributed by atoms with Gasteiger partial charge in [0.1, 0.15) is 4.90 Å². The molecule has 0 aromatic heterocycles. The van der Waals surface area contributed by atoms with E-state index in [0.717, 1.165) is 16.7 Å². The number of hydrogen-bond donors (Lipinski definition) is 2. The molecule has 0 radical (unpaired) electrons. The number of para-hydroxylation sites is 1. The topological polar surface area (TPSA) is 75.3 Å². The standard InChI is InChI=1S/C23H23ClN2O3S/c1-15-9-11-20(16(2)13-15)17(3)25-23(27)18-10-12-21(24)22(14-18)30(28,29)26-19-7-5-4-6-8-19/h4-14,17,26H,1-3H3,(H,25,27)/t17-/m1/s1. The molecule has 30 heavy (non-hydrogen) atoms. The van der Waals surface area contributed by atoms with E-state index < -0.39 is 10.0 Å². The van der Waals surface area contributed by atoms with E-state index in [0.29, 0.717) is 5.69 Å². The van der Waals surface area contributed by atoms with E-state index in [1.165, 1.54) is 18.2 Å². The quantitative estimate of drug-likeness (QED) is 0.547. The predicted octanol–water partition coefficient (Wildman–Crippen LogP) is 5.25.